The standard InChI is InChI=1S/CH2O2.GeH3/c2-1-3;/h1H,(H,2,3);1H3/q;+1/p-1. The van der Waals surface area contributed by atoms with Crippen molar-refractivity contribution in [2.45, 2.75) is 0 Å². The van der Waals surface area contributed by atoms with E-state index >= 15 is 0 Å². The molecule has 0 saturated heterocycles. The van der Waals surface area contributed by atoms with Gasteiger partial charge in [-0.05, 0) is 0 Å². The fourth-order valence-corrected chi connectivity index (χ4v) is 0. The van der Waals surface area contributed by atoms with Crippen LogP contribution < -0.4 is 5.11 Å². The first-order valence-corrected chi connectivity index (χ1v) is 0.471. The quantitative estimate of drug-likeness (QED) is 0.256. The normalized spacial score (nSPS) is 3.00. The molecule has 0 amide bonds. The summed E-state index contributed by atoms with van der Waals surface area (Å²) in [5.41, 5.74) is 0. The second kappa shape index (κ2) is 11.9. The molecule has 0 aliphatic heterocycles. The number of rotatable bonds is 0. The molecule has 0 bridgehead atoms. The number of carbonyl (C=O) groups excluding carboxylic acids is 1. The minimum absolute atomic E-state index is 0. The number of hydrogen-bond donors (Lipinski definition) is 0. The van der Waals surface area contributed by atoms with Crippen molar-refractivity contribution in [1.29, 1.82) is 0 Å². The molecular formula is CH4GeO2. The van der Waals surface area contributed by atoms with E-state index in [1.54, 1.807) is 0 Å². The molecule has 0 aliphatic rings. The van der Waals surface area contributed by atoms with E-state index in [9.17, 15) is 0 Å². The molecule has 0 aromatic heterocycles. The average Bonchev–Trinajstić information content (AvgIpc) is 0.918. The molecule has 0 atom stereocenters. The van der Waals surface area contributed by atoms with Crippen LogP contribution in [0.5, 0.6) is 0 Å². The van der Waals surface area contributed by atoms with Crippen LogP contribution in [0.1, 0.15) is 0 Å². The molecule has 24 valence electrons. The molecule has 0 aromatic rings. The Labute approximate surface area is 34.8 Å². The summed E-state index contributed by atoms with van der Waals surface area (Å²) < 4.78 is 0. The summed E-state index contributed by atoms with van der Waals surface area (Å²) in [5.74, 6) is 0. The third kappa shape index (κ3) is 12500. The Morgan fingerprint density at radius 1 is 1.75 bits per heavy atom. The Morgan fingerprint density at radius 2 is 1.75 bits per heavy atom. The van der Waals surface area contributed by atoms with Crippen molar-refractivity contribution in [3.8, 4) is 0 Å². The van der Waals surface area contributed by atoms with Crippen molar-refractivity contribution in [3.63, 3.8) is 0 Å². The first-order chi connectivity index (χ1) is 1.41. The van der Waals surface area contributed by atoms with Crippen LogP contribution in [0.2, 0.25) is 0 Å². The summed E-state index contributed by atoms with van der Waals surface area (Å²) >= 11 is 0. The number of carboxylic acid groups (broad SMARTS) is 1. The van der Waals surface area contributed by atoms with Crippen molar-refractivity contribution < 1.29 is 9.90 Å². The van der Waals surface area contributed by atoms with Crippen molar-refractivity contribution in [2.24, 2.45) is 0 Å². The summed E-state index contributed by atoms with van der Waals surface area (Å²) in [6.45, 7) is -0.500. The van der Waals surface area contributed by atoms with Crippen LogP contribution in [-0.4, -0.2) is 24.1 Å². The van der Waals surface area contributed by atoms with Gasteiger partial charge in [0.15, 0.2) is 0 Å². The van der Waals surface area contributed by atoms with Gasteiger partial charge in [-0.2, -0.15) is 0 Å². The van der Waals surface area contributed by atoms with E-state index in [1.807, 2.05) is 0 Å². The second-order valence-electron chi connectivity index (χ2n) is 0.0962. The molecule has 0 aliphatic carbocycles. The van der Waals surface area contributed by atoms with Crippen LogP contribution in [0.3, 0.4) is 0 Å². The number of carbonyl (C=O) groups is 1. The second-order valence-corrected chi connectivity index (χ2v) is 0.0962. The monoisotopic (exact) mass is 122 g/mol. The zero-order valence-electron chi connectivity index (χ0n) is 2.39. The third-order valence-electron chi connectivity index (χ3n) is 0. The van der Waals surface area contributed by atoms with Gasteiger partial charge >= 0.3 is 17.6 Å². The molecule has 0 aromatic carbocycles. The van der Waals surface area contributed by atoms with Gasteiger partial charge in [0, 0.05) is 6.47 Å². The molecule has 4 heavy (non-hydrogen) atoms. The predicted molar refractivity (Wildman–Crippen MR) is 16.0 cm³/mol. The first-order valence-electron chi connectivity index (χ1n) is 0.471. The third-order valence-corrected chi connectivity index (χ3v) is 0. The summed E-state index contributed by atoms with van der Waals surface area (Å²) in [5, 5.41) is 8.25. The van der Waals surface area contributed by atoms with Crippen LogP contribution >= 0.6 is 0 Å². The van der Waals surface area contributed by atoms with Crippen molar-refractivity contribution in [3.05, 3.63) is 0 Å². The van der Waals surface area contributed by atoms with E-state index in [4.69, 9.17) is 9.90 Å². The van der Waals surface area contributed by atoms with Gasteiger partial charge in [-0.25, -0.2) is 0 Å². The zero-order valence-corrected chi connectivity index (χ0v) is 6.59. The van der Waals surface area contributed by atoms with Crippen LogP contribution in [0.25, 0.3) is 0 Å². The summed E-state index contributed by atoms with van der Waals surface area (Å²) in [6.07, 6.45) is 0. The van der Waals surface area contributed by atoms with Crippen molar-refractivity contribution in [2.75, 3.05) is 0 Å². The molecule has 0 saturated carbocycles. The predicted octanol–water partition coefficient (Wildman–Crippen LogP) is -2.82. The molecule has 0 fully saturated rings. The Balaban J connectivity index is 0. The molecule has 0 rings (SSSR count). The van der Waals surface area contributed by atoms with Gasteiger partial charge in [0.05, 0.1) is 0 Å². The Kier molecular flexibility index (Phi) is 26.7. The van der Waals surface area contributed by atoms with E-state index in [-0.39, 0.29) is 17.6 Å². The molecule has 0 radical (unpaired) electrons. The Morgan fingerprint density at radius 3 is 1.75 bits per heavy atom. The Bertz CT molecular complexity index is 13.5. The van der Waals surface area contributed by atoms with E-state index < -0.39 is 6.47 Å². The number of hydrogen-bond acceptors (Lipinski definition) is 2. The Hall–Kier alpha value is 0.0129. The van der Waals surface area contributed by atoms with Crippen molar-refractivity contribution in [1.82, 2.24) is 0 Å². The van der Waals surface area contributed by atoms with Crippen LogP contribution in [0.15, 0.2) is 0 Å². The molecule has 0 unspecified atom stereocenters. The summed E-state index contributed by atoms with van der Waals surface area (Å²) in [4.78, 5) is 8.25. The molecule has 0 heterocycles. The van der Waals surface area contributed by atoms with Gasteiger partial charge in [0.1, 0.15) is 0 Å². The van der Waals surface area contributed by atoms with Crippen LogP contribution in [0.4, 0.5) is 0 Å². The molecule has 0 N–H and O–H groups in total. The van der Waals surface area contributed by atoms with Crippen LogP contribution in [-0.2, 0) is 4.79 Å². The van der Waals surface area contributed by atoms with Gasteiger partial charge in [0.25, 0.3) is 0 Å². The average molecular weight is 121 g/mol. The van der Waals surface area contributed by atoms with Gasteiger partial charge in [-0.1, -0.05) is 0 Å². The van der Waals surface area contributed by atoms with Gasteiger partial charge in [-0.15, -0.1) is 0 Å². The van der Waals surface area contributed by atoms with E-state index in [1.165, 1.54) is 0 Å². The summed E-state index contributed by atoms with van der Waals surface area (Å²) in [7, 11) is 0. The maximum atomic E-state index is 8.25. The minimum atomic E-state index is -0.500. The van der Waals surface area contributed by atoms with Crippen molar-refractivity contribution >= 4 is 24.1 Å². The molecule has 0 spiro atoms. The zero-order chi connectivity index (χ0) is 2.71. The molecule has 2 nitrogen and oxygen atoms in total. The van der Waals surface area contributed by atoms with Gasteiger partial charge < -0.3 is 9.90 Å². The van der Waals surface area contributed by atoms with E-state index in [0.717, 1.165) is 0 Å². The van der Waals surface area contributed by atoms with Gasteiger partial charge in [0.2, 0.25) is 0 Å². The van der Waals surface area contributed by atoms with E-state index in [0.29, 0.717) is 0 Å². The fourth-order valence-electron chi connectivity index (χ4n) is 0. The van der Waals surface area contributed by atoms with Crippen LogP contribution in [0, 0.1) is 0 Å². The van der Waals surface area contributed by atoms with E-state index in [2.05, 4.69) is 0 Å². The molecule has 3 heteroatoms. The topological polar surface area (TPSA) is 40.1 Å². The maximum absolute atomic E-state index is 8.25. The SMILES string of the molecule is O=C[O-].[GeH3+]. The molecular weight excluding hydrogens is 117 g/mol. The summed E-state index contributed by atoms with van der Waals surface area (Å²) in [6, 6.07) is 0. The first kappa shape index (κ1) is 8.99. The van der Waals surface area contributed by atoms with Gasteiger partial charge in [-0.3, -0.25) is 0 Å². The fraction of sp³-hybridized carbons (Fsp3) is 0.